The SMILES string of the molecule is Cc1ccc(F)cc1S(=O)(=O)N(CCO)C1CCCCC1. The van der Waals surface area contributed by atoms with Crippen molar-refractivity contribution < 1.29 is 17.9 Å². The Labute approximate surface area is 125 Å². The molecule has 4 nitrogen and oxygen atoms in total. The Hall–Kier alpha value is -0.980. The van der Waals surface area contributed by atoms with Gasteiger partial charge in [-0.25, -0.2) is 12.8 Å². The molecular weight excluding hydrogens is 293 g/mol. The summed E-state index contributed by atoms with van der Waals surface area (Å²) in [6, 6.07) is 3.70. The minimum atomic E-state index is -3.78. The third kappa shape index (κ3) is 3.62. The van der Waals surface area contributed by atoms with Gasteiger partial charge in [0.1, 0.15) is 5.82 Å². The Bertz CT molecular complexity index is 583. The van der Waals surface area contributed by atoms with Crippen molar-refractivity contribution in [1.29, 1.82) is 0 Å². The van der Waals surface area contributed by atoms with Gasteiger partial charge in [-0.05, 0) is 37.5 Å². The van der Waals surface area contributed by atoms with Crippen molar-refractivity contribution in [2.45, 2.75) is 50.0 Å². The molecule has 6 heteroatoms. The van der Waals surface area contributed by atoms with E-state index in [1.165, 1.54) is 16.4 Å². The second kappa shape index (κ2) is 6.85. The van der Waals surface area contributed by atoms with E-state index < -0.39 is 15.8 Å². The van der Waals surface area contributed by atoms with E-state index in [0.717, 1.165) is 38.2 Å². The molecule has 0 heterocycles. The highest BCUT2D eigenvalue weighted by Crippen LogP contribution is 2.29. The van der Waals surface area contributed by atoms with Gasteiger partial charge in [0.05, 0.1) is 11.5 Å². The summed E-state index contributed by atoms with van der Waals surface area (Å²) >= 11 is 0. The molecule has 2 rings (SSSR count). The third-order valence-electron chi connectivity index (χ3n) is 4.04. The zero-order valence-corrected chi connectivity index (χ0v) is 13.1. The van der Waals surface area contributed by atoms with Gasteiger partial charge in [0.25, 0.3) is 0 Å². The molecule has 0 bridgehead atoms. The van der Waals surface area contributed by atoms with Crippen molar-refractivity contribution in [3.63, 3.8) is 0 Å². The van der Waals surface area contributed by atoms with E-state index in [2.05, 4.69) is 0 Å². The van der Waals surface area contributed by atoms with Crippen LogP contribution >= 0.6 is 0 Å². The fraction of sp³-hybridized carbons (Fsp3) is 0.600. The number of rotatable bonds is 5. The maximum Gasteiger partial charge on any atom is 0.243 e. The van der Waals surface area contributed by atoms with Crippen LogP contribution in [0, 0.1) is 12.7 Å². The number of aryl methyl sites for hydroxylation is 1. The molecule has 21 heavy (non-hydrogen) atoms. The number of aliphatic hydroxyl groups is 1. The quantitative estimate of drug-likeness (QED) is 0.908. The van der Waals surface area contributed by atoms with Crippen LogP contribution in [0.4, 0.5) is 4.39 Å². The number of aliphatic hydroxyl groups excluding tert-OH is 1. The summed E-state index contributed by atoms with van der Waals surface area (Å²) in [5, 5.41) is 9.22. The molecule has 0 spiro atoms. The molecule has 1 N–H and O–H groups in total. The van der Waals surface area contributed by atoms with Crippen LogP contribution in [0.3, 0.4) is 0 Å². The number of hydrogen-bond donors (Lipinski definition) is 1. The van der Waals surface area contributed by atoms with Gasteiger partial charge in [-0.1, -0.05) is 25.3 Å². The van der Waals surface area contributed by atoms with E-state index in [1.54, 1.807) is 6.92 Å². The first-order valence-corrected chi connectivity index (χ1v) is 8.79. The van der Waals surface area contributed by atoms with E-state index in [0.29, 0.717) is 5.56 Å². The molecule has 0 unspecified atom stereocenters. The molecular formula is C15H22FNO3S. The van der Waals surface area contributed by atoms with Crippen molar-refractivity contribution in [3.05, 3.63) is 29.6 Å². The van der Waals surface area contributed by atoms with Crippen LogP contribution in [0.2, 0.25) is 0 Å². The van der Waals surface area contributed by atoms with Crippen molar-refractivity contribution >= 4 is 10.0 Å². The van der Waals surface area contributed by atoms with Crippen LogP contribution in [-0.2, 0) is 10.0 Å². The van der Waals surface area contributed by atoms with Gasteiger partial charge < -0.3 is 5.11 Å². The fourth-order valence-corrected chi connectivity index (χ4v) is 4.86. The second-order valence-electron chi connectivity index (χ2n) is 5.54. The Kier molecular flexibility index (Phi) is 5.35. The molecule has 1 aromatic rings. The predicted octanol–water partition coefficient (Wildman–Crippen LogP) is 2.45. The van der Waals surface area contributed by atoms with Crippen LogP contribution in [-0.4, -0.2) is 37.0 Å². The Morgan fingerprint density at radius 2 is 1.95 bits per heavy atom. The summed E-state index contributed by atoms with van der Waals surface area (Å²) in [6.45, 7) is 1.48. The van der Waals surface area contributed by atoms with Gasteiger partial charge in [-0.3, -0.25) is 0 Å². The number of nitrogens with zero attached hydrogens (tertiary/aromatic N) is 1. The molecule has 0 atom stereocenters. The fourth-order valence-electron chi connectivity index (χ4n) is 2.94. The number of halogens is 1. The van der Waals surface area contributed by atoms with Gasteiger partial charge in [0.15, 0.2) is 0 Å². The van der Waals surface area contributed by atoms with Crippen molar-refractivity contribution in [2.75, 3.05) is 13.2 Å². The second-order valence-corrected chi connectivity index (χ2v) is 7.40. The number of sulfonamides is 1. The zero-order valence-electron chi connectivity index (χ0n) is 12.3. The van der Waals surface area contributed by atoms with E-state index in [9.17, 15) is 17.9 Å². The predicted molar refractivity (Wildman–Crippen MR) is 79.0 cm³/mol. The lowest BCUT2D eigenvalue weighted by Gasteiger charge is -2.33. The molecule has 1 aromatic carbocycles. The molecule has 118 valence electrons. The average Bonchev–Trinajstić information content (AvgIpc) is 2.48. The van der Waals surface area contributed by atoms with Crippen molar-refractivity contribution in [3.8, 4) is 0 Å². The molecule has 1 saturated carbocycles. The summed E-state index contributed by atoms with van der Waals surface area (Å²) < 4.78 is 40.5. The smallest absolute Gasteiger partial charge is 0.243 e. The highest BCUT2D eigenvalue weighted by molar-refractivity contribution is 7.89. The highest BCUT2D eigenvalue weighted by Gasteiger charge is 2.33. The van der Waals surface area contributed by atoms with E-state index in [4.69, 9.17) is 0 Å². The normalized spacial score (nSPS) is 17.3. The molecule has 0 radical (unpaired) electrons. The van der Waals surface area contributed by atoms with Crippen molar-refractivity contribution in [1.82, 2.24) is 4.31 Å². The minimum Gasteiger partial charge on any atom is -0.395 e. The summed E-state index contributed by atoms with van der Waals surface area (Å²) in [4.78, 5) is 0.00141. The first-order chi connectivity index (χ1) is 9.96. The Morgan fingerprint density at radius 1 is 1.29 bits per heavy atom. The van der Waals surface area contributed by atoms with Crippen LogP contribution in [0.15, 0.2) is 23.1 Å². The summed E-state index contributed by atoms with van der Waals surface area (Å²) in [5.41, 5.74) is 0.523. The lowest BCUT2D eigenvalue weighted by atomic mass is 9.95. The summed E-state index contributed by atoms with van der Waals surface area (Å²) in [7, 11) is -3.78. The first-order valence-electron chi connectivity index (χ1n) is 7.35. The van der Waals surface area contributed by atoms with Gasteiger partial charge >= 0.3 is 0 Å². The average molecular weight is 315 g/mol. The molecule has 0 aromatic heterocycles. The maximum atomic E-state index is 13.4. The zero-order chi connectivity index (χ0) is 15.5. The van der Waals surface area contributed by atoms with E-state index in [-0.39, 0.29) is 24.1 Å². The molecule has 1 aliphatic carbocycles. The van der Waals surface area contributed by atoms with Gasteiger partial charge in [-0.2, -0.15) is 4.31 Å². The third-order valence-corrected chi connectivity index (χ3v) is 6.13. The van der Waals surface area contributed by atoms with Gasteiger partial charge in [-0.15, -0.1) is 0 Å². The molecule has 1 aliphatic rings. The molecule has 1 fully saturated rings. The Morgan fingerprint density at radius 3 is 2.57 bits per heavy atom. The first kappa shape index (κ1) is 16.4. The highest BCUT2D eigenvalue weighted by atomic mass is 32.2. The van der Waals surface area contributed by atoms with Gasteiger partial charge in [0.2, 0.25) is 10.0 Å². The summed E-state index contributed by atoms with van der Waals surface area (Å²) in [6.07, 6.45) is 4.69. The standard InChI is InChI=1S/C15H22FNO3S/c1-12-7-8-13(16)11-15(12)21(19,20)17(9-10-18)14-5-3-2-4-6-14/h7-8,11,14,18H,2-6,9-10H2,1H3. The topological polar surface area (TPSA) is 57.6 Å². The van der Waals surface area contributed by atoms with Crippen LogP contribution in [0.25, 0.3) is 0 Å². The lowest BCUT2D eigenvalue weighted by Crippen LogP contribution is -2.43. The molecule has 0 amide bonds. The monoisotopic (exact) mass is 315 g/mol. The molecule has 0 saturated heterocycles. The largest absolute Gasteiger partial charge is 0.395 e. The summed E-state index contributed by atoms with van der Waals surface area (Å²) in [5.74, 6) is -0.563. The maximum absolute atomic E-state index is 13.4. The van der Waals surface area contributed by atoms with Crippen LogP contribution in [0.1, 0.15) is 37.7 Å². The molecule has 0 aliphatic heterocycles. The lowest BCUT2D eigenvalue weighted by molar-refractivity contribution is 0.199. The van der Waals surface area contributed by atoms with E-state index in [1.807, 2.05) is 0 Å². The number of hydrogen-bond acceptors (Lipinski definition) is 3. The van der Waals surface area contributed by atoms with Crippen molar-refractivity contribution in [2.24, 2.45) is 0 Å². The van der Waals surface area contributed by atoms with Gasteiger partial charge in [0, 0.05) is 12.6 Å². The number of benzene rings is 1. The van der Waals surface area contributed by atoms with E-state index >= 15 is 0 Å². The van der Waals surface area contributed by atoms with Crippen LogP contribution < -0.4 is 0 Å². The van der Waals surface area contributed by atoms with Crippen LogP contribution in [0.5, 0.6) is 0 Å². The minimum absolute atomic E-state index is 0.00141. The Balaban J connectivity index is 2.39.